The van der Waals surface area contributed by atoms with Crippen molar-refractivity contribution in [1.29, 1.82) is 0 Å². The smallest absolute Gasteiger partial charge is 0.138 e. The highest BCUT2D eigenvalue weighted by atomic mass is 32.1. The summed E-state index contributed by atoms with van der Waals surface area (Å²) < 4.78 is 1.74. The molecule has 2 aromatic heterocycles. The summed E-state index contributed by atoms with van der Waals surface area (Å²) in [4.78, 5) is 9.19. The van der Waals surface area contributed by atoms with Gasteiger partial charge in [-0.1, -0.05) is 0 Å². The number of aromatic nitrogens is 4. The van der Waals surface area contributed by atoms with Crippen LogP contribution in [-0.4, -0.2) is 19.7 Å². The number of aryl methyl sites for hydroxylation is 1. The molecule has 0 spiro atoms. The van der Waals surface area contributed by atoms with E-state index in [1.165, 1.54) is 6.33 Å². The molecule has 0 aliphatic heterocycles. The Morgan fingerprint density at radius 3 is 3.07 bits per heavy atom. The van der Waals surface area contributed by atoms with Gasteiger partial charge in [-0.3, -0.25) is 9.67 Å². The summed E-state index contributed by atoms with van der Waals surface area (Å²) in [6.45, 7) is 0. The van der Waals surface area contributed by atoms with Gasteiger partial charge in [-0.2, -0.15) is 5.10 Å². The summed E-state index contributed by atoms with van der Waals surface area (Å²) in [6, 6.07) is -0.0367. The summed E-state index contributed by atoms with van der Waals surface area (Å²) in [5, 5.41) is 3.99. The van der Waals surface area contributed by atoms with Crippen molar-refractivity contribution in [3.05, 3.63) is 28.7 Å². The van der Waals surface area contributed by atoms with E-state index < -0.39 is 0 Å². The number of thiazole rings is 1. The van der Waals surface area contributed by atoms with Gasteiger partial charge < -0.3 is 5.73 Å². The van der Waals surface area contributed by atoms with Gasteiger partial charge in [0, 0.05) is 30.6 Å². The molecule has 1 atom stereocenters. The Morgan fingerprint density at radius 1 is 1.64 bits per heavy atom. The third-order valence-electron chi connectivity index (χ3n) is 2.02. The van der Waals surface area contributed by atoms with Gasteiger partial charge in [-0.15, -0.1) is 11.3 Å². The molecule has 0 saturated carbocycles. The van der Waals surface area contributed by atoms with Crippen LogP contribution in [0.4, 0.5) is 0 Å². The molecule has 0 radical (unpaired) electrons. The van der Waals surface area contributed by atoms with Crippen molar-refractivity contribution in [3.8, 4) is 0 Å². The average molecular weight is 209 g/mol. The fraction of sp³-hybridized carbons (Fsp3) is 0.375. The topological polar surface area (TPSA) is 69.6 Å². The molecular formula is C8H11N5S. The molecule has 0 aromatic carbocycles. The van der Waals surface area contributed by atoms with Crippen LogP contribution in [0.5, 0.6) is 0 Å². The molecule has 0 aliphatic rings. The Kier molecular flexibility index (Phi) is 2.55. The van der Waals surface area contributed by atoms with Gasteiger partial charge in [0.15, 0.2) is 0 Å². The van der Waals surface area contributed by atoms with Crippen LogP contribution < -0.4 is 5.73 Å². The molecule has 2 aromatic rings. The number of nitrogens with two attached hydrogens (primary N) is 1. The average Bonchev–Trinajstić information content (AvgIpc) is 2.77. The number of hydrogen-bond acceptors (Lipinski definition) is 5. The number of hydrogen-bond donors (Lipinski definition) is 1. The normalized spacial score (nSPS) is 13.0. The highest BCUT2D eigenvalue weighted by molar-refractivity contribution is 7.09. The summed E-state index contributed by atoms with van der Waals surface area (Å²) >= 11 is 1.57. The first-order valence-corrected chi connectivity index (χ1v) is 5.12. The molecule has 2 N–H and O–H groups in total. The molecule has 2 rings (SSSR count). The van der Waals surface area contributed by atoms with E-state index in [2.05, 4.69) is 15.1 Å². The van der Waals surface area contributed by atoms with E-state index in [0.29, 0.717) is 6.42 Å². The largest absolute Gasteiger partial charge is 0.323 e. The third kappa shape index (κ3) is 1.80. The fourth-order valence-electron chi connectivity index (χ4n) is 1.21. The molecular weight excluding hydrogens is 198 g/mol. The highest BCUT2D eigenvalue weighted by Gasteiger charge is 2.11. The zero-order valence-corrected chi connectivity index (χ0v) is 8.61. The third-order valence-corrected chi connectivity index (χ3v) is 2.93. The molecule has 2 heterocycles. The van der Waals surface area contributed by atoms with E-state index in [1.54, 1.807) is 27.7 Å². The molecule has 0 saturated heterocycles. The summed E-state index contributed by atoms with van der Waals surface area (Å²) in [7, 11) is 1.86. The predicted octanol–water partition coefficient (Wildman–Crippen LogP) is 0.514. The molecule has 6 heteroatoms. The monoisotopic (exact) mass is 209 g/mol. The first-order valence-electron chi connectivity index (χ1n) is 4.24. The van der Waals surface area contributed by atoms with E-state index in [9.17, 15) is 0 Å². The molecule has 0 fully saturated rings. The minimum absolute atomic E-state index is 0.0367. The van der Waals surface area contributed by atoms with E-state index in [4.69, 9.17) is 5.73 Å². The minimum atomic E-state index is -0.0367. The molecule has 5 nitrogen and oxygen atoms in total. The van der Waals surface area contributed by atoms with Crippen LogP contribution in [0.1, 0.15) is 16.7 Å². The zero-order chi connectivity index (χ0) is 9.97. The van der Waals surface area contributed by atoms with Gasteiger partial charge in [-0.05, 0) is 0 Å². The maximum atomic E-state index is 5.99. The van der Waals surface area contributed by atoms with Crippen LogP contribution in [0.15, 0.2) is 18.0 Å². The number of nitrogens with zero attached hydrogens (tertiary/aromatic N) is 4. The Bertz CT molecular complexity index is 394. The highest BCUT2D eigenvalue weighted by Crippen LogP contribution is 2.17. The predicted molar refractivity (Wildman–Crippen MR) is 53.7 cm³/mol. The van der Waals surface area contributed by atoms with Crippen LogP contribution in [0.2, 0.25) is 0 Å². The fourth-order valence-corrected chi connectivity index (χ4v) is 1.83. The number of rotatable bonds is 3. The van der Waals surface area contributed by atoms with Gasteiger partial charge in [0.2, 0.25) is 0 Å². The van der Waals surface area contributed by atoms with Crippen molar-refractivity contribution in [2.75, 3.05) is 0 Å². The molecule has 74 valence electrons. The van der Waals surface area contributed by atoms with E-state index in [1.807, 2.05) is 7.05 Å². The van der Waals surface area contributed by atoms with Crippen molar-refractivity contribution in [3.63, 3.8) is 0 Å². The Morgan fingerprint density at radius 2 is 2.50 bits per heavy atom. The molecule has 0 aliphatic carbocycles. The summed E-state index contributed by atoms with van der Waals surface area (Å²) in [5.74, 6) is 0.894. The Labute approximate surface area is 85.6 Å². The molecule has 0 amide bonds. The molecule has 1 unspecified atom stereocenters. The van der Waals surface area contributed by atoms with E-state index >= 15 is 0 Å². The zero-order valence-electron chi connectivity index (χ0n) is 7.79. The van der Waals surface area contributed by atoms with Crippen LogP contribution in [-0.2, 0) is 13.5 Å². The first-order chi connectivity index (χ1) is 6.77. The van der Waals surface area contributed by atoms with Crippen LogP contribution in [0, 0.1) is 0 Å². The lowest BCUT2D eigenvalue weighted by molar-refractivity contribution is 0.635. The van der Waals surface area contributed by atoms with Crippen LogP contribution >= 0.6 is 11.3 Å². The van der Waals surface area contributed by atoms with Crippen molar-refractivity contribution >= 4 is 11.3 Å². The second-order valence-electron chi connectivity index (χ2n) is 3.01. The van der Waals surface area contributed by atoms with Crippen LogP contribution in [0.25, 0.3) is 0 Å². The van der Waals surface area contributed by atoms with Crippen molar-refractivity contribution in [1.82, 2.24) is 19.7 Å². The maximum Gasteiger partial charge on any atom is 0.138 e. The van der Waals surface area contributed by atoms with Gasteiger partial charge in [-0.25, -0.2) is 4.98 Å². The van der Waals surface area contributed by atoms with Gasteiger partial charge in [0.05, 0.1) is 5.51 Å². The first kappa shape index (κ1) is 9.29. The Hall–Kier alpha value is -1.27. The molecule has 0 bridgehead atoms. The summed E-state index contributed by atoms with van der Waals surface area (Å²) in [6.07, 6.45) is 4.03. The van der Waals surface area contributed by atoms with Crippen molar-refractivity contribution in [2.45, 2.75) is 12.5 Å². The maximum absolute atomic E-state index is 5.99. The van der Waals surface area contributed by atoms with Crippen LogP contribution in [0.3, 0.4) is 0 Å². The van der Waals surface area contributed by atoms with Gasteiger partial charge in [0.25, 0.3) is 0 Å². The van der Waals surface area contributed by atoms with Crippen molar-refractivity contribution in [2.24, 2.45) is 12.8 Å². The minimum Gasteiger partial charge on any atom is -0.323 e. The Balaban J connectivity index is 2.09. The van der Waals surface area contributed by atoms with Gasteiger partial charge >= 0.3 is 0 Å². The lowest BCUT2D eigenvalue weighted by Gasteiger charge is -2.07. The van der Waals surface area contributed by atoms with Crippen molar-refractivity contribution < 1.29 is 0 Å². The second-order valence-corrected chi connectivity index (χ2v) is 3.93. The van der Waals surface area contributed by atoms with Gasteiger partial charge in [0.1, 0.15) is 12.2 Å². The quantitative estimate of drug-likeness (QED) is 0.799. The molecule has 14 heavy (non-hydrogen) atoms. The lowest BCUT2D eigenvalue weighted by Crippen LogP contribution is -2.14. The second kappa shape index (κ2) is 3.85. The van der Waals surface area contributed by atoms with E-state index in [0.717, 1.165) is 10.7 Å². The standard InChI is InChI=1S/C8H11N5S/c1-13-8(11-4-12-13)2-6(9)7-3-10-5-14-7/h3-6H,2,9H2,1H3. The van der Waals surface area contributed by atoms with E-state index in [-0.39, 0.29) is 6.04 Å². The summed E-state index contributed by atoms with van der Waals surface area (Å²) in [5.41, 5.74) is 7.77. The SMILES string of the molecule is Cn1ncnc1CC(N)c1cncs1. The lowest BCUT2D eigenvalue weighted by atomic mass is 10.2.